The average molecular weight is 445 g/mol. The van der Waals surface area contributed by atoms with Crippen LogP contribution in [0.4, 0.5) is 0 Å². The lowest BCUT2D eigenvalue weighted by Crippen LogP contribution is -2.36. The van der Waals surface area contributed by atoms with Gasteiger partial charge >= 0.3 is 0 Å². The molecule has 0 fully saturated rings. The molecule has 0 saturated heterocycles. The van der Waals surface area contributed by atoms with Crippen LogP contribution in [0.5, 0.6) is 0 Å². The van der Waals surface area contributed by atoms with Crippen LogP contribution in [0.2, 0.25) is 0 Å². The third kappa shape index (κ3) is 2.28. The van der Waals surface area contributed by atoms with Gasteiger partial charge in [-0.15, -0.1) is 0 Å². The molecule has 1 atom stereocenters. The van der Waals surface area contributed by atoms with Gasteiger partial charge in [0.15, 0.2) is 11.6 Å². The first kappa shape index (κ1) is 19.5. The number of nitrogens with one attached hydrogen (secondary N) is 1. The van der Waals surface area contributed by atoms with Crippen LogP contribution in [0.1, 0.15) is 53.5 Å². The highest BCUT2D eigenvalue weighted by atomic mass is 16.2. The van der Waals surface area contributed by atoms with E-state index in [4.69, 9.17) is 0 Å². The molecule has 4 nitrogen and oxygen atoms in total. The van der Waals surface area contributed by atoms with Crippen LogP contribution in [-0.4, -0.2) is 21.7 Å². The van der Waals surface area contributed by atoms with Crippen LogP contribution < -0.4 is 5.32 Å². The third-order valence-electron chi connectivity index (χ3n) is 7.95. The summed E-state index contributed by atoms with van der Waals surface area (Å²) in [6, 6.07) is 22.2. The van der Waals surface area contributed by atoms with Gasteiger partial charge in [-0.1, -0.05) is 74.5 Å². The Morgan fingerprint density at radius 2 is 1.47 bits per heavy atom. The fraction of sp³-hybridized carbons (Fsp3) is 0.200. The summed E-state index contributed by atoms with van der Waals surface area (Å²) in [5.41, 5.74) is 5.54. The van der Waals surface area contributed by atoms with Gasteiger partial charge in [0.25, 0.3) is 0 Å². The van der Waals surface area contributed by atoms with E-state index in [0.29, 0.717) is 11.1 Å². The number of benzene rings is 3. The van der Waals surface area contributed by atoms with Gasteiger partial charge in [0.05, 0.1) is 22.1 Å². The average Bonchev–Trinajstić information content (AvgIpc) is 3.44. The van der Waals surface area contributed by atoms with Crippen LogP contribution in [0.3, 0.4) is 0 Å². The van der Waals surface area contributed by atoms with E-state index in [-0.39, 0.29) is 22.6 Å². The highest BCUT2D eigenvalue weighted by molar-refractivity contribution is 6.39. The van der Waals surface area contributed by atoms with Gasteiger partial charge in [-0.05, 0) is 36.6 Å². The van der Waals surface area contributed by atoms with Crippen molar-refractivity contribution < 1.29 is 9.59 Å². The number of para-hydroxylation sites is 2. The second kappa shape index (κ2) is 6.15. The molecule has 0 bridgehead atoms. The van der Waals surface area contributed by atoms with Crippen molar-refractivity contribution in [2.45, 2.75) is 38.1 Å². The van der Waals surface area contributed by atoms with E-state index in [0.717, 1.165) is 17.8 Å². The molecule has 34 heavy (non-hydrogen) atoms. The second-order valence-electron chi connectivity index (χ2n) is 10.5. The number of aromatic nitrogens is 1. The molecule has 3 heterocycles. The van der Waals surface area contributed by atoms with Gasteiger partial charge in [0, 0.05) is 27.3 Å². The van der Waals surface area contributed by atoms with E-state index in [2.05, 4.69) is 73.1 Å². The van der Waals surface area contributed by atoms with Crippen LogP contribution in [0.25, 0.3) is 27.6 Å². The summed E-state index contributed by atoms with van der Waals surface area (Å²) in [6.07, 6.45) is 2.59. The van der Waals surface area contributed by atoms with Gasteiger partial charge < -0.3 is 5.32 Å². The molecule has 0 spiro atoms. The number of allylic oxidation sites excluding steroid dienone is 1. The van der Waals surface area contributed by atoms with Crippen molar-refractivity contribution in [1.82, 2.24) is 9.88 Å². The minimum absolute atomic E-state index is 0.176. The van der Waals surface area contributed by atoms with E-state index in [1.807, 2.05) is 18.2 Å². The molecule has 3 aromatic carbocycles. The zero-order valence-corrected chi connectivity index (χ0v) is 19.4. The summed E-state index contributed by atoms with van der Waals surface area (Å²) >= 11 is 0. The van der Waals surface area contributed by atoms with E-state index in [1.54, 1.807) is 12.1 Å². The fourth-order valence-electron chi connectivity index (χ4n) is 6.28. The van der Waals surface area contributed by atoms with Crippen molar-refractivity contribution in [2.75, 3.05) is 0 Å². The Hall–Kier alpha value is -3.92. The molecule has 1 unspecified atom stereocenters. The van der Waals surface area contributed by atoms with Crippen molar-refractivity contribution >= 4 is 39.2 Å². The predicted octanol–water partition coefficient (Wildman–Crippen LogP) is 6.01. The molecule has 166 valence electrons. The molecular formula is C30H24N2O2. The monoisotopic (exact) mass is 444 g/mol. The van der Waals surface area contributed by atoms with E-state index < -0.39 is 5.54 Å². The molecule has 2 aliphatic heterocycles. The highest BCUT2D eigenvalue weighted by Crippen LogP contribution is 2.51. The second-order valence-corrected chi connectivity index (χ2v) is 10.5. The van der Waals surface area contributed by atoms with Crippen molar-refractivity contribution in [3.05, 3.63) is 101 Å². The maximum absolute atomic E-state index is 13.1. The number of fused-ring (bicyclic) bond motifs is 5. The maximum Gasteiger partial charge on any atom is 0.197 e. The Balaban J connectivity index is 1.41. The van der Waals surface area contributed by atoms with Gasteiger partial charge in [-0.2, -0.15) is 0 Å². The number of nitrogens with zero attached hydrogens (tertiary/aromatic N) is 1. The summed E-state index contributed by atoms with van der Waals surface area (Å²) < 4.78 is 2.34. The molecule has 1 N–H and O–H groups in total. The van der Waals surface area contributed by atoms with Crippen molar-refractivity contribution in [3.8, 4) is 0 Å². The molecule has 4 heteroatoms. The summed E-state index contributed by atoms with van der Waals surface area (Å²) in [5, 5.41) is 6.24. The molecule has 4 aromatic rings. The maximum atomic E-state index is 13.1. The Bertz CT molecular complexity index is 1640. The Morgan fingerprint density at radius 1 is 0.824 bits per heavy atom. The Morgan fingerprint density at radius 3 is 2.21 bits per heavy atom. The first-order chi connectivity index (χ1) is 16.3. The Kier molecular flexibility index (Phi) is 3.53. The van der Waals surface area contributed by atoms with Gasteiger partial charge in [0.1, 0.15) is 5.82 Å². The molecular weight excluding hydrogens is 420 g/mol. The minimum Gasteiger partial charge on any atom is -0.362 e. The number of carbonyl (C=O) groups is 2. The molecule has 3 aliphatic rings. The molecule has 1 aromatic heterocycles. The van der Waals surface area contributed by atoms with E-state index in [9.17, 15) is 9.59 Å². The van der Waals surface area contributed by atoms with Crippen LogP contribution in [0.15, 0.2) is 84.0 Å². The number of rotatable bonds is 1. The molecule has 0 radical (unpaired) electrons. The number of carbonyl (C=O) groups excluding carboxylic acids is 2. The van der Waals surface area contributed by atoms with Crippen LogP contribution >= 0.6 is 0 Å². The molecule has 0 saturated carbocycles. The van der Waals surface area contributed by atoms with Crippen molar-refractivity contribution in [2.24, 2.45) is 0 Å². The molecule has 7 rings (SSSR count). The van der Waals surface area contributed by atoms with E-state index in [1.165, 1.54) is 27.4 Å². The SMILES string of the molecule is CC1(C=C2C(=O)c3ccccc3C2=O)CC2=C(N1)n1c3ccccc3c3cccc(c31)C2(C)C. The normalized spacial score (nSPS) is 22.4. The fourth-order valence-corrected chi connectivity index (χ4v) is 6.28. The molecule has 1 aliphatic carbocycles. The first-order valence-electron chi connectivity index (χ1n) is 11.8. The van der Waals surface area contributed by atoms with Crippen molar-refractivity contribution in [1.29, 1.82) is 0 Å². The standard InChI is InChI=1S/C30H24N2O2/c1-29(2)22-13-8-12-18-17-9-6-7-14-24(17)32(25(18)22)28-23(29)16-30(3,31-28)15-21-26(33)19-10-4-5-11-20(19)27(21)34/h4-15,31H,16H2,1-3H3. The number of ketones is 2. The summed E-state index contributed by atoms with van der Waals surface area (Å²) in [5.74, 6) is 0.722. The van der Waals surface area contributed by atoms with Crippen LogP contribution in [-0.2, 0) is 5.41 Å². The smallest absolute Gasteiger partial charge is 0.197 e. The summed E-state index contributed by atoms with van der Waals surface area (Å²) in [6.45, 7) is 6.65. The first-order valence-corrected chi connectivity index (χ1v) is 11.8. The van der Waals surface area contributed by atoms with Gasteiger partial charge in [-0.3, -0.25) is 14.2 Å². The number of hydrogen-bond donors (Lipinski definition) is 1. The zero-order valence-electron chi connectivity index (χ0n) is 19.4. The van der Waals surface area contributed by atoms with Crippen molar-refractivity contribution in [3.63, 3.8) is 0 Å². The Labute approximate surface area is 197 Å². The minimum atomic E-state index is -0.551. The summed E-state index contributed by atoms with van der Waals surface area (Å²) in [7, 11) is 0. The molecule has 0 amide bonds. The van der Waals surface area contributed by atoms with Crippen LogP contribution in [0, 0.1) is 0 Å². The van der Waals surface area contributed by atoms with Gasteiger partial charge in [0.2, 0.25) is 0 Å². The number of hydrogen-bond acceptors (Lipinski definition) is 3. The quantitative estimate of drug-likeness (QED) is 0.289. The highest BCUT2D eigenvalue weighted by Gasteiger charge is 2.46. The topological polar surface area (TPSA) is 51.1 Å². The number of Topliss-reactive ketones (excluding diaryl/α,β-unsaturated/α-hetero) is 2. The third-order valence-corrected chi connectivity index (χ3v) is 7.95. The summed E-state index contributed by atoms with van der Waals surface area (Å²) in [4.78, 5) is 26.2. The largest absolute Gasteiger partial charge is 0.362 e. The van der Waals surface area contributed by atoms with E-state index >= 15 is 0 Å². The predicted molar refractivity (Wildman–Crippen MR) is 135 cm³/mol. The zero-order chi connectivity index (χ0) is 23.4. The lowest BCUT2D eigenvalue weighted by atomic mass is 9.73. The van der Waals surface area contributed by atoms with Gasteiger partial charge in [-0.25, -0.2) is 0 Å². The lowest BCUT2D eigenvalue weighted by molar-refractivity contribution is 0.0986. The lowest BCUT2D eigenvalue weighted by Gasteiger charge is -2.33.